The van der Waals surface area contributed by atoms with Gasteiger partial charge in [0.1, 0.15) is 42.7 Å². The van der Waals surface area contributed by atoms with Crippen LogP contribution in [0.3, 0.4) is 0 Å². The first kappa shape index (κ1) is 28.1. The lowest BCUT2D eigenvalue weighted by atomic mass is 9.87. The second kappa shape index (κ2) is 11.5. The van der Waals surface area contributed by atoms with E-state index in [4.69, 9.17) is 19.7 Å². The van der Waals surface area contributed by atoms with Crippen molar-refractivity contribution in [3.63, 3.8) is 0 Å². The average molecular weight is 496 g/mol. The summed E-state index contributed by atoms with van der Waals surface area (Å²) in [5.74, 6) is -5.18. The number of carbonyl (C=O) groups excluding carboxylic acids is 1. The van der Waals surface area contributed by atoms with Crippen molar-refractivity contribution < 1.29 is 64.7 Å². The molecule has 1 amide bonds. The zero-order valence-electron chi connectivity index (χ0n) is 17.9. The number of aliphatic hydroxyl groups is 7. The van der Waals surface area contributed by atoms with Crippen LogP contribution < -0.4 is 5.32 Å². The predicted octanol–water partition coefficient (Wildman–Crippen LogP) is -4.73. The molecule has 17 heteroatoms. The third-order valence-electron chi connectivity index (χ3n) is 5.55. The van der Waals surface area contributed by atoms with Gasteiger partial charge in [-0.3, -0.25) is 4.79 Å². The minimum Gasteiger partial charge on any atom is -0.477 e. The van der Waals surface area contributed by atoms with E-state index in [1.165, 1.54) is 0 Å². The van der Waals surface area contributed by atoms with E-state index in [1.54, 1.807) is 0 Å². The normalized spacial score (nSPS) is 40.0. The van der Waals surface area contributed by atoms with Crippen LogP contribution in [0.5, 0.6) is 0 Å². The molecular formula is C17H28N4O13. The Morgan fingerprint density at radius 3 is 2.41 bits per heavy atom. The SMILES string of the molecule is CC(=O)N[C@H]1[C@H]([C@H](O)[C@H](O)CO)OC(OC[C@H]2O[C@H](O)[C@H](O)[C@@H](O)[C@H]2O)(C(=O)O)C[C@@H]1N=[N+]=[N-]. The third-order valence-corrected chi connectivity index (χ3v) is 5.55. The molecule has 194 valence electrons. The molecule has 2 saturated heterocycles. The summed E-state index contributed by atoms with van der Waals surface area (Å²) in [6, 6.07) is -2.75. The van der Waals surface area contributed by atoms with Crippen molar-refractivity contribution in [3.05, 3.63) is 10.4 Å². The Kier molecular flexibility index (Phi) is 9.52. The Labute approximate surface area is 191 Å². The molecule has 0 saturated carbocycles. The van der Waals surface area contributed by atoms with Crippen molar-refractivity contribution in [3.8, 4) is 0 Å². The first-order valence-corrected chi connectivity index (χ1v) is 10.1. The first-order chi connectivity index (χ1) is 15.9. The van der Waals surface area contributed by atoms with Gasteiger partial charge in [-0.15, -0.1) is 0 Å². The largest absolute Gasteiger partial charge is 0.477 e. The highest BCUT2D eigenvalue weighted by Crippen LogP contribution is 2.36. The number of rotatable bonds is 9. The van der Waals surface area contributed by atoms with Gasteiger partial charge in [-0.25, -0.2) is 4.79 Å². The topological polar surface area (TPSA) is 284 Å². The number of carboxylic acids is 1. The predicted molar refractivity (Wildman–Crippen MR) is 104 cm³/mol. The van der Waals surface area contributed by atoms with E-state index in [0.29, 0.717) is 0 Å². The maximum atomic E-state index is 12.2. The zero-order valence-corrected chi connectivity index (χ0v) is 17.9. The Balaban J connectivity index is 2.39. The highest BCUT2D eigenvalue weighted by atomic mass is 16.7. The Bertz CT molecular complexity index is 783. The summed E-state index contributed by atoms with van der Waals surface area (Å²) < 4.78 is 15.7. The second-order valence-corrected chi connectivity index (χ2v) is 7.93. The van der Waals surface area contributed by atoms with Crippen LogP contribution in [0.4, 0.5) is 0 Å². The lowest BCUT2D eigenvalue weighted by molar-refractivity contribution is -0.327. The molecule has 0 aromatic carbocycles. The summed E-state index contributed by atoms with van der Waals surface area (Å²) >= 11 is 0. The number of ether oxygens (including phenoxy) is 3. The first-order valence-electron chi connectivity index (χ1n) is 10.1. The number of hydrogen-bond acceptors (Lipinski definition) is 13. The van der Waals surface area contributed by atoms with Crippen LogP contribution in [0.1, 0.15) is 13.3 Å². The summed E-state index contributed by atoms with van der Waals surface area (Å²) in [6.07, 6.45) is -15.4. The number of hydrogen-bond donors (Lipinski definition) is 9. The van der Waals surface area contributed by atoms with Crippen LogP contribution in [-0.2, 0) is 23.8 Å². The minimum atomic E-state index is -2.70. The van der Waals surface area contributed by atoms with E-state index in [-0.39, 0.29) is 0 Å². The monoisotopic (exact) mass is 496 g/mol. The molecule has 2 rings (SSSR count). The molecule has 1 unspecified atom stereocenters. The van der Waals surface area contributed by atoms with Crippen molar-refractivity contribution in [2.75, 3.05) is 13.2 Å². The van der Waals surface area contributed by atoms with Crippen molar-refractivity contribution in [2.45, 2.75) is 80.2 Å². The van der Waals surface area contributed by atoms with Crippen LogP contribution in [0.25, 0.3) is 10.4 Å². The average Bonchev–Trinajstić information content (AvgIpc) is 2.79. The molecule has 0 radical (unpaired) electrons. The Morgan fingerprint density at radius 1 is 1.24 bits per heavy atom. The van der Waals surface area contributed by atoms with Crippen LogP contribution in [0, 0.1) is 0 Å². The van der Waals surface area contributed by atoms with Gasteiger partial charge in [-0.2, -0.15) is 0 Å². The smallest absolute Gasteiger partial charge is 0.364 e. The zero-order chi connectivity index (χ0) is 25.8. The molecule has 0 aromatic heterocycles. The number of carboxylic acid groups (broad SMARTS) is 1. The van der Waals surface area contributed by atoms with E-state index in [0.717, 1.165) is 6.92 Å². The van der Waals surface area contributed by atoms with E-state index < -0.39 is 98.4 Å². The molecule has 2 fully saturated rings. The molecule has 0 aliphatic carbocycles. The minimum absolute atomic E-state index is 0.675. The summed E-state index contributed by atoms with van der Waals surface area (Å²) in [7, 11) is 0. The van der Waals surface area contributed by atoms with Crippen molar-refractivity contribution in [2.24, 2.45) is 5.11 Å². The van der Waals surface area contributed by atoms with Gasteiger partial charge in [0.05, 0.1) is 25.3 Å². The third kappa shape index (κ3) is 5.91. The summed E-state index contributed by atoms with van der Waals surface area (Å²) in [4.78, 5) is 26.5. The van der Waals surface area contributed by atoms with Crippen molar-refractivity contribution in [1.29, 1.82) is 0 Å². The van der Waals surface area contributed by atoms with Gasteiger partial charge in [-0.1, -0.05) is 5.11 Å². The van der Waals surface area contributed by atoms with Gasteiger partial charge in [0.25, 0.3) is 5.79 Å². The molecule has 11 atom stereocenters. The van der Waals surface area contributed by atoms with Crippen LogP contribution in [0.15, 0.2) is 5.11 Å². The maximum absolute atomic E-state index is 12.2. The Morgan fingerprint density at radius 2 is 1.88 bits per heavy atom. The van der Waals surface area contributed by atoms with Gasteiger partial charge in [0, 0.05) is 18.3 Å². The fourth-order valence-corrected chi connectivity index (χ4v) is 3.74. The molecule has 17 nitrogen and oxygen atoms in total. The molecule has 9 N–H and O–H groups in total. The number of carbonyl (C=O) groups is 2. The van der Waals surface area contributed by atoms with E-state index in [1.807, 2.05) is 0 Å². The number of amides is 1. The second-order valence-electron chi connectivity index (χ2n) is 7.93. The maximum Gasteiger partial charge on any atom is 0.364 e. The van der Waals surface area contributed by atoms with Gasteiger partial charge >= 0.3 is 5.97 Å². The molecule has 0 bridgehead atoms. The lowest BCUT2D eigenvalue weighted by Crippen LogP contribution is -2.68. The molecule has 2 aliphatic heterocycles. The van der Waals surface area contributed by atoms with Gasteiger partial charge in [-0.05, 0) is 5.53 Å². The molecule has 0 spiro atoms. The number of nitrogens with one attached hydrogen (secondary N) is 1. The quantitative estimate of drug-likeness (QED) is 0.0824. The molecule has 2 heterocycles. The fraction of sp³-hybridized carbons (Fsp3) is 0.882. The standard InChI is InChI=1S/C17H28N4O13/c1-5(23)19-9-6(20-21-18)2-17(16(30)31,34-14(9)10(25)7(24)3-22)32-4-8-11(26)12(27)13(28)15(29)33-8/h6-15,22,24-29H,2-4H2,1H3,(H,19,23)(H,30,31)/t6-,7+,8+,9+,10+,11-,12-,13+,14+,15-,17?/m0/s1. The summed E-state index contributed by atoms with van der Waals surface area (Å²) in [5.41, 5.74) is 8.94. The number of aliphatic hydroxyl groups excluding tert-OH is 7. The molecular weight excluding hydrogens is 468 g/mol. The van der Waals surface area contributed by atoms with E-state index in [2.05, 4.69) is 15.3 Å². The van der Waals surface area contributed by atoms with Crippen molar-refractivity contribution in [1.82, 2.24) is 5.32 Å². The van der Waals surface area contributed by atoms with E-state index >= 15 is 0 Å². The van der Waals surface area contributed by atoms with Crippen LogP contribution in [0.2, 0.25) is 0 Å². The lowest BCUT2D eigenvalue weighted by Gasteiger charge is -2.47. The van der Waals surface area contributed by atoms with Gasteiger partial charge in [0.15, 0.2) is 6.29 Å². The molecule has 2 aliphatic rings. The van der Waals surface area contributed by atoms with Gasteiger partial charge < -0.3 is 60.4 Å². The number of nitrogens with zero attached hydrogens (tertiary/aromatic N) is 3. The van der Waals surface area contributed by atoms with Crippen LogP contribution >= 0.6 is 0 Å². The highest BCUT2D eigenvalue weighted by Gasteiger charge is 2.56. The number of aliphatic carboxylic acids is 1. The Hall–Kier alpha value is -2.15. The van der Waals surface area contributed by atoms with Crippen LogP contribution in [-0.4, -0.2) is 133 Å². The van der Waals surface area contributed by atoms with E-state index in [9.17, 15) is 50.4 Å². The number of azide groups is 1. The molecule has 34 heavy (non-hydrogen) atoms. The highest BCUT2D eigenvalue weighted by molar-refractivity contribution is 5.76. The summed E-state index contributed by atoms with van der Waals surface area (Å²) in [6.45, 7) is -0.726. The fourth-order valence-electron chi connectivity index (χ4n) is 3.74. The van der Waals surface area contributed by atoms with Gasteiger partial charge in [0.2, 0.25) is 5.91 Å². The van der Waals surface area contributed by atoms with Crippen molar-refractivity contribution >= 4 is 11.9 Å². The molecule has 0 aromatic rings. The summed E-state index contributed by atoms with van der Waals surface area (Å²) in [5, 5.41) is 84.3.